The Morgan fingerprint density at radius 2 is 1.88 bits per heavy atom. The van der Waals surface area contributed by atoms with Gasteiger partial charge in [0.05, 0.1) is 0 Å². The van der Waals surface area contributed by atoms with Gasteiger partial charge in [0.15, 0.2) is 0 Å². The molecule has 1 saturated heterocycles. The Morgan fingerprint density at radius 1 is 1.29 bits per heavy atom. The lowest BCUT2D eigenvalue weighted by Gasteiger charge is -2.46. The fraction of sp³-hybridized carbons (Fsp3) is 0.867. The fourth-order valence-corrected chi connectivity index (χ4v) is 2.86. The quantitative estimate of drug-likeness (QED) is 0.715. The number of nitrogens with zero attached hydrogens (tertiary/aromatic N) is 1. The van der Waals surface area contributed by atoms with E-state index in [1.807, 2.05) is 0 Å². The first kappa shape index (κ1) is 14.7. The summed E-state index contributed by atoms with van der Waals surface area (Å²) in [5.41, 5.74) is 1.51. The molecule has 2 heteroatoms. The summed E-state index contributed by atoms with van der Waals surface area (Å²) in [5.74, 6) is 0. The van der Waals surface area contributed by atoms with E-state index in [1.54, 1.807) is 0 Å². The van der Waals surface area contributed by atoms with E-state index in [2.05, 4.69) is 44.5 Å². The van der Waals surface area contributed by atoms with Gasteiger partial charge in [-0.25, -0.2) is 0 Å². The van der Waals surface area contributed by atoms with E-state index < -0.39 is 0 Å². The minimum Gasteiger partial charge on any atom is -0.312 e. The van der Waals surface area contributed by atoms with Gasteiger partial charge in [-0.3, -0.25) is 4.90 Å². The molecule has 1 heterocycles. The summed E-state index contributed by atoms with van der Waals surface area (Å²) < 4.78 is 0. The zero-order valence-electron chi connectivity index (χ0n) is 12.2. The van der Waals surface area contributed by atoms with Gasteiger partial charge in [0.25, 0.3) is 0 Å². The van der Waals surface area contributed by atoms with E-state index in [9.17, 15) is 0 Å². The topological polar surface area (TPSA) is 15.3 Å². The van der Waals surface area contributed by atoms with Crippen molar-refractivity contribution in [2.24, 2.45) is 0 Å². The van der Waals surface area contributed by atoms with Crippen molar-refractivity contribution < 1.29 is 0 Å². The number of piperidine rings is 1. The summed E-state index contributed by atoms with van der Waals surface area (Å²) in [4.78, 5) is 2.66. The van der Waals surface area contributed by atoms with Crippen molar-refractivity contribution in [2.45, 2.75) is 65.0 Å². The molecule has 1 fully saturated rings. The molecule has 0 aliphatic carbocycles. The number of rotatable bonds is 6. The first-order valence-corrected chi connectivity index (χ1v) is 7.11. The van der Waals surface area contributed by atoms with E-state index in [4.69, 9.17) is 0 Å². The van der Waals surface area contributed by atoms with E-state index in [0.717, 1.165) is 13.0 Å². The van der Waals surface area contributed by atoms with Crippen molar-refractivity contribution in [3.8, 4) is 0 Å². The standard InChI is InChI=1S/C15H30N2/c1-6-16-14(12-13(2)3)15(4,5)17-10-8-7-9-11-17/h14,16H,2,6-12H2,1,3-5H3. The van der Waals surface area contributed by atoms with Crippen molar-refractivity contribution in [3.05, 3.63) is 12.2 Å². The molecule has 0 aromatic heterocycles. The average molecular weight is 238 g/mol. The van der Waals surface area contributed by atoms with Gasteiger partial charge >= 0.3 is 0 Å². The Bertz CT molecular complexity index is 239. The molecule has 0 saturated carbocycles. The predicted octanol–water partition coefficient (Wildman–Crippen LogP) is 3.20. The Kier molecular flexibility index (Phi) is 5.68. The maximum atomic E-state index is 4.08. The van der Waals surface area contributed by atoms with Crippen LogP contribution in [0.2, 0.25) is 0 Å². The maximum absolute atomic E-state index is 4.08. The van der Waals surface area contributed by atoms with Gasteiger partial charge in [-0.2, -0.15) is 0 Å². The van der Waals surface area contributed by atoms with E-state index in [1.165, 1.54) is 37.9 Å². The molecule has 1 atom stereocenters. The van der Waals surface area contributed by atoms with Crippen molar-refractivity contribution in [2.75, 3.05) is 19.6 Å². The monoisotopic (exact) mass is 238 g/mol. The Hall–Kier alpha value is -0.340. The number of hydrogen-bond donors (Lipinski definition) is 1. The van der Waals surface area contributed by atoms with Crippen molar-refractivity contribution in [1.29, 1.82) is 0 Å². The molecular weight excluding hydrogens is 208 g/mol. The van der Waals surface area contributed by atoms with Crippen LogP contribution in [0, 0.1) is 0 Å². The SMILES string of the molecule is C=C(C)CC(NCC)C(C)(C)N1CCCCC1. The second kappa shape index (κ2) is 6.55. The van der Waals surface area contributed by atoms with Crippen LogP contribution in [0.3, 0.4) is 0 Å². The summed E-state index contributed by atoms with van der Waals surface area (Å²) in [6.45, 7) is 16.7. The number of hydrogen-bond acceptors (Lipinski definition) is 2. The highest BCUT2D eigenvalue weighted by Crippen LogP contribution is 2.26. The van der Waals surface area contributed by atoms with Gasteiger partial charge in [0, 0.05) is 11.6 Å². The molecule has 1 aliphatic heterocycles. The summed E-state index contributed by atoms with van der Waals surface area (Å²) in [6.07, 6.45) is 5.20. The highest BCUT2D eigenvalue weighted by Gasteiger charge is 2.35. The van der Waals surface area contributed by atoms with Gasteiger partial charge < -0.3 is 5.32 Å². The normalized spacial score (nSPS) is 20.2. The molecule has 1 aliphatic rings. The lowest BCUT2D eigenvalue weighted by atomic mass is 9.86. The largest absolute Gasteiger partial charge is 0.312 e. The van der Waals surface area contributed by atoms with Gasteiger partial charge in [0.2, 0.25) is 0 Å². The lowest BCUT2D eigenvalue weighted by molar-refractivity contribution is 0.0616. The third-order valence-electron chi connectivity index (χ3n) is 4.03. The van der Waals surface area contributed by atoms with Crippen LogP contribution in [0.4, 0.5) is 0 Å². The van der Waals surface area contributed by atoms with Gasteiger partial charge in [-0.15, -0.1) is 6.58 Å². The Balaban J connectivity index is 2.70. The van der Waals surface area contributed by atoms with Crippen LogP contribution in [0.5, 0.6) is 0 Å². The van der Waals surface area contributed by atoms with Gasteiger partial charge in [-0.1, -0.05) is 18.9 Å². The smallest absolute Gasteiger partial charge is 0.0309 e. The Morgan fingerprint density at radius 3 is 2.35 bits per heavy atom. The molecule has 100 valence electrons. The third kappa shape index (κ3) is 4.11. The molecule has 2 nitrogen and oxygen atoms in total. The molecule has 0 aromatic rings. The van der Waals surface area contributed by atoms with Crippen molar-refractivity contribution >= 4 is 0 Å². The summed E-state index contributed by atoms with van der Waals surface area (Å²) in [7, 11) is 0. The lowest BCUT2D eigenvalue weighted by Crippen LogP contribution is -2.59. The van der Waals surface area contributed by atoms with Crippen LogP contribution in [0.25, 0.3) is 0 Å². The molecule has 0 bridgehead atoms. The maximum Gasteiger partial charge on any atom is 0.0309 e. The highest BCUT2D eigenvalue weighted by molar-refractivity contribution is 5.02. The molecule has 0 radical (unpaired) electrons. The molecule has 0 spiro atoms. The predicted molar refractivity (Wildman–Crippen MR) is 76.4 cm³/mol. The third-order valence-corrected chi connectivity index (χ3v) is 4.03. The van der Waals surface area contributed by atoms with Crippen LogP contribution in [-0.2, 0) is 0 Å². The number of likely N-dealkylation sites (tertiary alicyclic amines) is 1. The molecule has 1 unspecified atom stereocenters. The zero-order chi connectivity index (χ0) is 12.9. The summed E-state index contributed by atoms with van der Waals surface area (Å²) in [6, 6.07) is 0.517. The molecule has 1 rings (SSSR count). The highest BCUT2D eigenvalue weighted by atomic mass is 15.2. The van der Waals surface area contributed by atoms with Crippen LogP contribution in [0.15, 0.2) is 12.2 Å². The first-order valence-electron chi connectivity index (χ1n) is 7.11. The van der Waals surface area contributed by atoms with E-state index in [0.29, 0.717) is 6.04 Å². The minimum atomic E-state index is 0.232. The summed E-state index contributed by atoms with van der Waals surface area (Å²) >= 11 is 0. The second-order valence-electron chi connectivity index (χ2n) is 5.97. The van der Waals surface area contributed by atoms with Crippen molar-refractivity contribution in [3.63, 3.8) is 0 Å². The number of likely N-dealkylation sites (N-methyl/N-ethyl adjacent to an activating group) is 1. The van der Waals surface area contributed by atoms with E-state index in [-0.39, 0.29) is 5.54 Å². The molecular formula is C15H30N2. The minimum absolute atomic E-state index is 0.232. The van der Waals surface area contributed by atoms with Crippen molar-refractivity contribution in [1.82, 2.24) is 10.2 Å². The zero-order valence-corrected chi connectivity index (χ0v) is 12.2. The van der Waals surface area contributed by atoms with E-state index >= 15 is 0 Å². The fourth-order valence-electron chi connectivity index (χ4n) is 2.86. The number of nitrogens with one attached hydrogen (secondary N) is 1. The average Bonchev–Trinajstić information content (AvgIpc) is 2.29. The molecule has 1 N–H and O–H groups in total. The first-order chi connectivity index (χ1) is 7.98. The van der Waals surface area contributed by atoms with Crippen LogP contribution >= 0.6 is 0 Å². The van der Waals surface area contributed by atoms with Crippen LogP contribution in [0.1, 0.15) is 53.4 Å². The van der Waals surface area contributed by atoms with Crippen LogP contribution < -0.4 is 5.32 Å². The van der Waals surface area contributed by atoms with Crippen LogP contribution in [-0.4, -0.2) is 36.1 Å². The molecule has 0 amide bonds. The summed E-state index contributed by atoms with van der Waals surface area (Å²) in [5, 5.41) is 3.65. The van der Waals surface area contributed by atoms with Gasteiger partial charge in [-0.05, 0) is 59.7 Å². The molecule has 0 aromatic carbocycles. The Labute approximate surface area is 107 Å². The molecule has 17 heavy (non-hydrogen) atoms. The van der Waals surface area contributed by atoms with Gasteiger partial charge in [0.1, 0.15) is 0 Å². The second-order valence-corrected chi connectivity index (χ2v) is 5.97.